The van der Waals surface area contributed by atoms with E-state index >= 15 is 0 Å². The van der Waals surface area contributed by atoms with E-state index in [9.17, 15) is 0 Å². The van der Waals surface area contributed by atoms with Crippen LogP contribution in [-0.4, -0.2) is 27.1 Å². The average Bonchev–Trinajstić information content (AvgIpc) is 3.17. The molecule has 3 aromatic carbocycles. The largest absolute Gasteiger partial charge is 0.491 e. The van der Waals surface area contributed by atoms with Crippen molar-refractivity contribution in [3.05, 3.63) is 89.4 Å². The number of aryl methyl sites for hydroxylation is 1. The van der Waals surface area contributed by atoms with Crippen LogP contribution in [0.25, 0.3) is 17.1 Å². The summed E-state index contributed by atoms with van der Waals surface area (Å²) in [5, 5.41) is 10.4. The van der Waals surface area contributed by atoms with Crippen molar-refractivity contribution >= 4 is 23.4 Å². The number of benzene rings is 3. The highest BCUT2D eigenvalue weighted by Crippen LogP contribution is 2.29. The summed E-state index contributed by atoms with van der Waals surface area (Å²) in [4.78, 5) is 0. The standard InChI is InChI=1S/C23H20ClN3OS/c1-17-8-7-11-19(16-17)27-22(18-9-3-2-4-10-18)25-26-23(27)29-15-14-28-21-13-6-5-12-20(21)24/h2-13,16H,14-15H2,1H3. The maximum Gasteiger partial charge on any atom is 0.196 e. The van der Waals surface area contributed by atoms with Crippen LogP contribution in [0, 0.1) is 6.92 Å². The van der Waals surface area contributed by atoms with Crippen LogP contribution in [0.15, 0.2) is 84.0 Å². The predicted molar refractivity (Wildman–Crippen MR) is 119 cm³/mol. The van der Waals surface area contributed by atoms with Crippen LogP contribution in [0.5, 0.6) is 5.75 Å². The summed E-state index contributed by atoms with van der Waals surface area (Å²) in [6.45, 7) is 2.61. The van der Waals surface area contributed by atoms with Crippen molar-refractivity contribution in [2.24, 2.45) is 0 Å². The highest BCUT2D eigenvalue weighted by molar-refractivity contribution is 7.99. The van der Waals surface area contributed by atoms with E-state index in [1.807, 2.05) is 60.7 Å². The lowest BCUT2D eigenvalue weighted by atomic mass is 10.2. The fraction of sp³-hybridized carbons (Fsp3) is 0.130. The number of hydrogen-bond donors (Lipinski definition) is 0. The molecular weight excluding hydrogens is 402 g/mol. The molecule has 1 aromatic heterocycles. The maximum absolute atomic E-state index is 6.15. The van der Waals surface area contributed by atoms with Gasteiger partial charge in [0.1, 0.15) is 5.75 Å². The Kier molecular flexibility index (Phi) is 6.17. The first kappa shape index (κ1) is 19.6. The highest BCUT2D eigenvalue weighted by Gasteiger charge is 2.16. The molecule has 0 saturated carbocycles. The van der Waals surface area contributed by atoms with Gasteiger partial charge in [0.25, 0.3) is 0 Å². The molecule has 0 bridgehead atoms. The van der Waals surface area contributed by atoms with Crippen molar-refractivity contribution in [3.8, 4) is 22.8 Å². The quantitative estimate of drug-likeness (QED) is 0.268. The Balaban J connectivity index is 1.57. The van der Waals surface area contributed by atoms with Gasteiger partial charge in [0.2, 0.25) is 0 Å². The van der Waals surface area contributed by atoms with E-state index in [1.54, 1.807) is 11.8 Å². The average molecular weight is 422 g/mol. The third-order valence-electron chi connectivity index (χ3n) is 4.33. The molecular formula is C23H20ClN3OS. The summed E-state index contributed by atoms with van der Waals surface area (Å²) < 4.78 is 7.90. The second-order valence-corrected chi connectivity index (χ2v) is 7.94. The van der Waals surface area contributed by atoms with Gasteiger partial charge in [0, 0.05) is 17.0 Å². The Labute approximate surface area is 179 Å². The van der Waals surface area contributed by atoms with Crippen molar-refractivity contribution < 1.29 is 4.74 Å². The van der Waals surface area contributed by atoms with Crippen LogP contribution in [0.2, 0.25) is 5.02 Å². The third kappa shape index (κ3) is 4.63. The third-order valence-corrected chi connectivity index (χ3v) is 5.54. The number of halogens is 1. The number of ether oxygens (including phenoxy) is 1. The van der Waals surface area contributed by atoms with Gasteiger partial charge in [-0.3, -0.25) is 4.57 Å². The van der Waals surface area contributed by atoms with E-state index in [2.05, 4.69) is 39.9 Å². The SMILES string of the molecule is Cc1cccc(-n2c(SCCOc3ccccc3Cl)nnc2-c2ccccc2)c1. The molecule has 146 valence electrons. The lowest BCUT2D eigenvalue weighted by Gasteiger charge is -2.11. The van der Waals surface area contributed by atoms with Crippen molar-refractivity contribution in [3.63, 3.8) is 0 Å². The molecule has 0 atom stereocenters. The molecule has 0 fully saturated rings. The van der Waals surface area contributed by atoms with Crippen molar-refractivity contribution in [1.82, 2.24) is 14.8 Å². The molecule has 0 aliphatic carbocycles. The van der Waals surface area contributed by atoms with E-state index in [4.69, 9.17) is 16.3 Å². The summed E-state index contributed by atoms with van der Waals surface area (Å²) in [5.74, 6) is 2.25. The molecule has 0 spiro atoms. The minimum absolute atomic E-state index is 0.524. The predicted octanol–water partition coefficient (Wildman–Crippen LogP) is 6.07. The van der Waals surface area contributed by atoms with Crippen molar-refractivity contribution in [2.75, 3.05) is 12.4 Å². The fourth-order valence-electron chi connectivity index (χ4n) is 2.98. The molecule has 1 heterocycles. The summed E-state index contributed by atoms with van der Waals surface area (Å²) >= 11 is 7.76. The zero-order valence-electron chi connectivity index (χ0n) is 16.0. The molecule has 6 heteroatoms. The number of hydrogen-bond acceptors (Lipinski definition) is 4. The van der Waals surface area contributed by atoms with E-state index < -0.39 is 0 Å². The normalized spacial score (nSPS) is 10.8. The number of nitrogens with zero attached hydrogens (tertiary/aromatic N) is 3. The smallest absolute Gasteiger partial charge is 0.196 e. The lowest BCUT2D eigenvalue weighted by Crippen LogP contribution is -2.04. The Morgan fingerprint density at radius 1 is 0.931 bits per heavy atom. The first-order valence-corrected chi connectivity index (χ1v) is 10.7. The topological polar surface area (TPSA) is 39.9 Å². The van der Waals surface area contributed by atoms with Crippen molar-refractivity contribution in [2.45, 2.75) is 12.1 Å². The zero-order valence-corrected chi connectivity index (χ0v) is 17.5. The molecule has 0 unspecified atom stereocenters. The van der Waals surface area contributed by atoms with Crippen LogP contribution >= 0.6 is 23.4 Å². The van der Waals surface area contributed by atoms with Crippen LogP contribution < -0.4 is 4.74 Å². The molecule has 4 nitrogen and oxygen atoms in total. The summed E-state index contributed by atoms with van der Waals surface area (Å²) in [6.07, 6.45) is 0. The second kappa shape index (κ2) is 9.16. The Hall–Kier alpha value is -2.76. The fourth-order valence-corrected chi connectivity index (χ4v) is 3.94. The molecule has 29 heavy (non-hydrogen) atoms. The Morgan fingerprint density at radius 2 is 1.72 bits per heavy atom. The van der Waals surface area contributed by atoms with Gasteiger partial charge in [0.05, 0.1) is 11.6 Å². The van der Waals surface area contributed by atoms with Crippen LogP contribution in [0.4, 0.5) is 0 Å². The minimum Gasteiger partial charge on any atom is -0.491 e. The summed E-state index contributed by atoms with van der Waals surface area (Å²) in [5.41, 5.74) is 3.26. The van der Waals surface area contributed by atoms with Gasteiger partial charge in [-0.05, 0) is 36.8 Å². The van der Waals surface area contributed by atoms with Gasteiger partial charge >= 0.3 is 0 Å². The number of rotatable bonds is 7. The number of para-hydroxylation sites is 1. The van der Waals surface area contributed by atoms with Crippen molar-refractivity contribution in [1.29, 1.82) is 0 Å². The Bertz CT molecular complexity index is 1100. The molecule has 0 radical (unpaired) electrons. The van der Waals surface area contributed by atoms with Gasteiger partial charge in [-0.2, -0.15) is 0 Å². The van der Waals surface area contributed by atoms with Gasteiger partial charge in [0.15, 0.2) is 11.0 Å². The molecule has 0 N–H and O–H groups in total. The van der Waals surface area contributed by atoms with E-state index in [-0.39, 0.29) is 0 Å². The van der Waals surface area contributed by atoms with Gasteiger partial charge in [-0.15, -0.1) is 10.2 Å². The van der Waals surface area contributed by atoms with Crippen LogP contribution in [0.3, 0.4) is 0 Å². The molecule has 4 aromatic rings. The highest BCUT2D eigenvalue weighted by atomic mass is 35.5. The van der Waals surface area contributed by atoms with E-state index in [0.717, 1.165) is 28.0 Å². The summed E-state index contributed by atoms with van der Waals surface area (Å²) in [7, 11) is 0. The molecule has 0 aliphatic heterocycles. The van der Waals surface area contributed by atoms with Crippen LogP contribution in [-0.2, 0) is 0 Å². The molecule has 0 amide bonds. The monoisotopic (exact) mass is 421 g/mol. The van der Waals surface area contributed by atoms with Gasteiger partial charge in [-0.1, -0.05) is 78.0 Å². The Morgan fingerprint density at radius 3 is 2.52 bits per heavy atom. The zero-order chi connectivity index (χ0) is 20.1. The van der Waals surface area contributed by atoms with E-state index in [1.165, 1.54) is 5.56 Å². The van der Waals surface area contributed by atoms with Gasteiger partial charge < -0.3 is 4.74 Å². The number of thioether (sulfide) groups is 1. The second-order valence-electron chi connectivity index (χ2n) is 6.47. The van der Waals surface area contributed by atoms with Gasteiger partial charge in [-0.25, -0.2) is 0 Å². The first-order valence-electron chi connectivity index (χ1n) is 9.30. The number of aromatic nitrogens is 3. The van der Waals surface area contributed by atoms with E-state index in [0.29, 0.717) is 17.4 Å². The maximum atomic E-state index is 6.15. The molecule has 0 saturated heterocycles. The minimum atomic E-state index is 0.524. The first-order chi connectivity index (χ1) is 14.2. The van der Waals surface area contributed by atoms with Crippen LogP contribution in [0.1, 0.15) is 5.56 Å². The lowest BCUT2D eigenvalue weighted by molar-refractivity contribution is 0.344. The molecule has 4 rings (SSSR count). The summed E-state index contributed by atoms with van der Waals surface area (Å²) in [6, 6.07) is 26.0. The molecule has 0 aliphatic rings.